The van der Waals surface area contributed by atoms with Crippen LogP contribution in [-0.4, -0.2) is 47.9 Å². The highest BCUT2D eigenvalue weighted by Crippen LogP contribution is 2.34. The van der Waals surface area contributed by atoms with Gasteiger partial charge in [0.1, 0.15) is 5.54 Å². The Morgan fingerprint density at radius 3 is 2.70 bits per heavy atom. The van der Waals surface area contributed by atoms with Gasteiger partial charge in [0.05, 0.1) is 0 Å². The van der Waals surface area contributed by atoms with E-state index in [2.05, 4.69) is 10.6 Å². The molecule has 0 atom stereocenters. The number of rotatable bonds is 6. The average molecular weight is 282 g/mol. The number of hydrogen-bond donors (Lipinski definition) is 3. The van der Waals surface area contributed by atoms with Crippen molar-refractivity contribution in [1.29, 1.82) is 0 Å². The first-order valence-electron chi connectivity index (χ1n) is 7.20. The minimum atomic E-state index is -0.687. The van der Waals surface area contributed by atoms with E-state index in [1.54, 1.807) is 0 Å². The third-order valence-electron chi connectivity index (χ3n) is 3.97. The molecule has 2 fully saturated rings. The predicted molar refractivity (Wildman–Crippen MR) is 72.7 cm³/mol. The first kappa shape index (κ1) is 14.8. The fourth-order valence-electron chi connectivity index (χ4n) is 2.83. The zero-order valence-corrected chi connectivity index (χ0v) is 11.6. The van der Waals surface area contributed by atoms with E-state index in [1.165, 1.54) is 4.90 Å². The third kappa shape index (κ3) is 2.92. The minimum absolute atomic E-state index is 0.139. The van der Waals surface area contributed by atoms with Crippen molar-refractivity contribution in [3.05, 3.63) is 0 Å². The van der Waals surface area contributed by atoms with E-state index < -0.39 is 5.54 Å². The molecule has 0 aromatic rings. The molecular weight excluding hydrogens is 260 g/mol. The Kier molecular flexibility index (Phi) is 4.59. The Labute approximate surface area is 118 Å². The quantitative estimate of drug-likeness (QED) is 0.460. The first-order valence-corrected chi connectivity index (χ1v) is 7.20. The molecule has 1 spiro atoms. The summed E-state index contributed by atoms with van der Waals surface area (Å²) in [7, 11) is 0. The van der Waals surface area contributed by atoms with Gasteiger partial charge in [0, 0.05) is 19.5 Å². The molecule has 20 heavy (non-hydrogen) atoms. The molecule has 4 N–H and O–H groups in total. The Morgan fingerprint density at radius 1 is 1.35 bits per heavy atom. The summed E-state index contributed by atoms with van der Waals surface area (Å²) in [5, 5.41) is 5.50. The van der Waals surface area contributed by atoms with Crippen molar-refractivity contribution in [1.82, 2.24) is 15.5 Å². The van der Waals surface area contributed by atoms with Gasteiger partial charge in [-0.25, -0.2) is 4.79 Å². The van der Waals surface area contributed by atoms with Gasteiger partial charge in [0.15, 0.2) is 0 Å². The van der Waals surface area contributed by atoms with Crippen LogP contribution >= 0.6 is 0 Å². The van der Waals surface area contributed by atoms with Gasteiger partial charge in [0.25, 0.3) is 5.91 Å². The molecular formula is C13H22N4O3. The lowest BCUT2D eigenvalue weighted by Gasteiger charge is -2.19. The third-order valence-corrected chi connectivity index (χ3v) is 3.97. The monoisotopic (exact) mass is 282 g/mol. The lowest BCUT2D eigenvalue weighted by atomic mass is 9.98. The predicted octanol–water partition coefficient (Wildman–Crippen LogP) is -0.294. The molecule has 0 aromatic carbocycles. The van der Waals surface area contributed by atoms with Gasteiger partial charge < -0.3 is 16.4 Å². The summed E-state index contributed by atoms with van der Waals surface area (Å²) < 4.78 is 0. The summed E-state index contributed by atoms with van der Waals surface area (Å²) in [6, 6.07) is -0.369. The number of hydrogen-bond acceptors (Lipinski definition) is 4. The molecule has 1 saturated carbocycles. The fourth-order valence-corrected chi connectivity index (χ4v) is 2.83. The Bertz CT molecular complexity index is 404. The van der Waals surface area contributed by atoms with Gasteiger partial charge >= 0.3 is 6.03 Å². The van der Waals surface area contributed by atoms with Crippen LogP contribution in [0.15, 0.2) is 0 Å². The van der Waals surface area contributed by atoms with Crippen LogP contribution in [0.1, 0.15) is 38.5 Å². The normalized spacial score (nSPS) is 20.6. The molecule has 1 aliphatic carbocycles. The number of amides is 4. The standard InChI is InChI=1S/C13H22N4O3/c14-7-3-8-15-10(18)4-9-17-11(19)13(16-12(17)20)5-1-2-6-13/h1-9,14H2,(H,15,18)(H,16,20). The second kappa shape index (κ2) is 6.21. The highest BCUT2D eigenvalue weighted by Gasteiger charge is 2.52. The molecule has 7 nitrogen and oxygen atoms in total. The van der Waals surface area contributed by atoms with Crippen molar-refractivity contribution >= 4 is 17.8 Å². The van der Waals surface area contributed by atoms with Crippen LogP contribution in [0.2, 0.25) is 0 Å². The maximum Gasteiger partial charge on any atom is 0.325 e. The number of imide groups is 1. The summed E-state index contributed by atoms with van der Waals surface area (Å²) >= 11 is 0. The van der Waals surface area contributed by atoms with E-state index in [9.17, 15) is 14.4 Å². The maximum atomic E-state index is 12.3. The van der Waals surface area contributed by atoms with Gasteiger partial charge in [-0.05, 0) is 25.8 Å². The largest absolute Gasteiger partial charge is 0.356 e. The zero-order valence-electron chi connectivity index (χ0n) is 11.6. The maximum absolute atomic E-state index is 12.3. The number of urea groups is 1. The first-order chi connectivity index (χ1) is 9.59. The van der Waals surface area contributed by atoms with E-state index in [-0.39, 0.29) is 30.8 Å². The van der Waals surface area contributed by atoms with Gasteiger partial charge in [-0.3, -0.25) is 14.5 Å². The summed E-state index contributed by atoms with van der Waals surface area (Å²) in [6.07, 6.45) is 4.18. The van der Waals surface area contributed by atoms with E-state index in [1.807, 2.05) is 0 Å². The Balaban J connectivity index is 1.82. The average Bonchev–Trinajstić information content (AvgIpc) is 2.96. The molecule has 1 heterocycles. The highest BCUT2D eigenvalue weighted by atomic mass is 16.2. The summed E-state index contributed by atoms with van der Waals surface area (Å²) in [5.74, 6) is -0.332. The second-order valence-electron chi connectivity index (χ2n) is 5.42. The molecule has 0 bridgehead atoms. The molecule has 4 amide bonds. The summed E-state index contributed by atoms with van der Waals surface area (Å²) in [6.45, 7) is 1.19. The van der Waals surface area contributed by atoms with Crippen LogP contribution < -0.4 is 16.4 Å². The smallest absolute Gasteiger partial charge is 0.325 e. The number of nitrogens with zero attached hydrogens (tertiary/aromatic N) is 1. The summed E-state index contributed by atoms with van der Waals surface area (Å²) in [4.78, 5) is 36.9. The van der Waals surface area contributed by atoms with Crippen LogP contribution in [0.5, 0.6) is 0 Å². The van der Waals surface area contributed by atoms with Crippen LogP contribution in [0.25, 0.3) is 0 Å². The SMILES string of the molecule is NCCCNC(=O)CCN1C(=O)NC2(CCCC2)C1=O. The number of nitrogens with two attached hydrogens (primary N) is 1. The number of nitrogens with one attached hydrogen (secondary N) is 2. The van der Waals surface area contributed by atoms with Crippen molar-refractivity contribution in [2.75, 3.05) is 19.6 Å². The van der Waals surface area contributed by atoms with Gasteiger partial charge in [0.2, 0.25) is 5.91 Å². The topological polar surface area (TPSA) is 105 Å². The van der Waals surface area contributed by atoms with E-state index in [4.69, 9.17) is 5.73 Å². The lowest BCUT2D eigenvalue weighted by Crippen LogP contribution is -2.44. The van der Waals surface area contributed by atoms with Crippen molar-refractivity contribution in [3.63, 3.8) is 0 Å². The Morgan fingerprint density at radius 2 is 2.05 bits per heavy atom. The second-order valence-corrected chi connectivity index (χ2v) is 5.42. The molecule has 2 aliphatic rings. The molecule has 1 aliphatic heterocycles. The van der Waals surface area contributed by atoms with Crippen LogP contribution in [0.3, 0.4) is 0 Å². The molecule has 0 aromatic heterocycles. The van der Waals surface area contributed by atoms with E-state index in [0.29, 0.717) is 25.9 Å². The molecule has 0 radical (unpaired) electrons. The molecule has 1 saturated heterocycles. The number of carbonyl (C=O) groups excluding carboxylic acids is 3. The van der Waals surface area contributed by atoms with E-state index >= 15 is 0 Å². The van der Waals surface area contributed by atoms with Gasteiger partial charge in [-0.15, -0.1) is 0 Å². The van der Waals surface area contributed by atoms with Crippen molar-refractivity contribution < 1.29 is 14.4 Å². The minimum Gasteiger partial charge on any atom is -0.356 e. The molecule has 0 unspecified atom stereocenters. The van der Waals surface area contributed by atoms with Crippen molar-refractivity contribution in [3.8, 4) is 0 Å². The molecule has 2 rings (SSSR count). The van der Waals surface area contributed by atoms with Crippen LogP contribution in [0, 0.1) is 0 Å². The highest BCUT2D eigenvalue weighted by molar-refractivity contribution is 6.07. The van der Waals surface area contributed by atoms with E-state index in [0.717, 1.165) is 19.3 Å². The van der Waals surface area contributed by atoms with Crippen LogP contribution in [-0.2, 0) is 9.59 Å². The zero-order chi connectivity index (χ0) is 14.6. The van der Waals surface area contributed by atoms with Crippen molar-refractivity contribution in [2.24, 2.45) is 5.73 Å². The van der Waals surface area contributed by atoms with Gasteiger partial charge in [-0.1, -0.05) is 12.8 Å². The number of carbonyl (C=O) groups is 3. The lowest BCUT2D eigenvalue weighted by molar-refractivity contribution is -0.131. The molecule has 7 heteroatoms. The van der Waals surface area contributed by atoms with Crippen molar-refractivity contribution in [2.45, 2.75) is 44.1 Å². The Hall–Kier alpha value is -1.63. The summed E-state index contributed by atoms with van der Waals surface area (Å²) in [5.41, 5.74) is 4.65. The van der Waals surface area contributed by atoms with Gasteiger partial charge in [-0.2, -0.15) is 0 Å². The van der Waals surface area contributed by atoms with Crippen LogP contribution in [0.4, 0.5) is 4.79 Å². The fraction of sp³-hybridized carbons (Fsp3) is 0.769. The molecule has 112 valence electrons.